The highest BCUT2D eigenvalue weighted by atomic mass is 35.5. The van der Waals surface area contributed by atoms with Crippen molar-refractivity contribution in [2.24, 2.45) is 5.92 Å². The molecule has 1 aliphatic heterocycles. The molecule has 2 aromatic rings. The van der Waals surface area contributed by atoms with Gasteiger partial charge in [0, 0.05) is 17.9 Å². The summed E-state index contributed by atoms with van der Waals surface area (Å²) in [6.45, 7) is 2.25. The van der Waals surface area contributed by atoms with E-state index in [2.05, 4.69) is 15.5 Å². The Morgan fingerprint density at radius 3 is 3.15 bits per heavy atom. The van der Waals surface area contributed by atoms with Crippen LogP contribution >= 0.6 is 11.6 Å². The monoisotopic (exact) mass is 291 g/mol. The molecule has 0 radical (unpaired) electrons. The SMILES string of the molecule is Clc1cccc(Cc2noc(CCC3CCNC3)n2)c1. The maximum Gasteiger partial charge on any atom is 0.226 e. The Hall–Kier alpha value is -1.39. The summed E-state index contributed by atoms with van der Waals surface area (Å²) in [6, 6.07) is 7.75. The number of benzene rings is 1. The van der Waals surface area contributed by atoms with Crippen LogP contribution in [0.25, 0.3) is 0 Å². The standard InChI is InChI=1S/C15H18ClN3O/c16-13-3-1-2-12(8-13)9-14-18-15(20-19-14)5-4-11-6-7-17-10-11/h1-3,8,11,17H,4-7,9-10H2. The Morgan fingerprint density at radius 2 is 2.35 bits per heavy atom. The van der Waals surface area contributed by atoms with E-state index in [1.165, 1.54) is 6.42 Å². The minimum atomic E-state index is 0.662. The lowest BCUT2D eigenvalue weighted by Crippen LogP contribution is -2.09. The van der Waals surface area contributed by atoms with E-state index in [4.69, 9.17) is 16.1 Å². The van der Waals surface area contributed by atoms with Crippen LogP contribution < -0.4 is 5.32 Å². The highest BCUT2D eigenvalue weighted by Gasteiger charge is 2.16. The van der Waals surface area contributed by atoms with E-state index in [9.17, 15) is 0 Å². The lowest BCUT2D eigenvalue weighted by atomic mass is 10.0. The second-order valence-electron chi connectivity index (χ2n) is 5.31. The highest BCUT2D eigenvalue weighted by molar-refractivity contribution is 6.30. The van der Waals surface area contributed by atoms with Crippen molar-refractivity contribution < 1.29 is 4.52 Å². The maximum absolute atomic E-state index is 5.97. The summed E-state index contributed by atoms with van der Waals surface area (Å²) >= 11 is 5.97. The normalized spacial score (nSPS) is 18.6. The largest absolute Gasteiger partial charge is 0.339 e. The van der Waals surface area contributed by atoms with Crippen molar-refractivity contribution in [1.29, 1.82) is 0 Å². The van der Waals surface area contributed by atoms with E-state index in [0.717, 1.165) is 54.2 Å². The van der Waals surface area contributed by atoms with E-state index >= 15 is 0 Å². The van der Waals surface area contributed by atoms with Crippen LogP contribution in [0.4, 0.5) is 0 Å². The van der Waals surface area contributed by atoms with Crippen LogP contribution in [0.1, 0.15) is 30.1 Å². The number of halogens is 1. The van der Waals surface area contributed by atoms with Crippen LogP contribution in [0.15, 0.2) is 28.8 Å². The molecule has 1 aromatic carbocycles. The summed E-state index contributed by atoms with van der Waals surface area (Å²) in [5.41, 5.74) is 1.10. The van der Waals surface area contributed by atoms with Crippen LogP contribution in [0.5, 0.6) is 0 Å². The van der Waals surface area contributed by atoms with Gasteiger partial charge in [0.25, 0.3) is 0 Å². The Kier molecular flexibility index (Phi) is 4.33. The predicted octanol–water partition coefficient (Wildman–Crippen LogP) is 2.86. The molecule has 0 spiro atoms. The topological polar surface area (TPSA) is 51.0 Å². The number of hydrogen-bond donors (Lipinski definition) is 1. The van der Waals surface area contributed by atoms with Crippen molar-refractivity contribution in [1.82, 2.24) is 15.5 Å². The molecule has 1 aromatic heterocycles. The van der Waals surface area contributed by atoms with Crippen molar-refractivity contribution in [3.63, 3.8) is 0 Å². The summed E-state index contributed by atoms with van der Waals surface area (Å²) in [7, 11) is 0. The summed E-state index contributed by atoms with van der Waals surface area (Å²) in [4.78, 5) is 4.45. The van der Waals surface area contributed by atoms with Gasteiger partial charge in [-0.3, -0.25) is 0 Å². The fourth-order valence-electron chi connectivity index (χ4n) is 2.58. The summed E-state index contributed by atoms with van der Waals surface area (Å²) in [5.74, 6) is 2.22. The Labute approximate surface area is 123 Å². The average molecular weight is 292 g/mol. The molecule has 4 nitrogen and oxygen atoms in total. The molecule has 1 atom stereocenters. The minimum absolute atomic E-state index is 0.662. The molecule has 1 saturated heterocycles. The lowest BCUT2D eigenvalue weighted by molar-refractivity contribution is 0.361. The Balaban J connectivity index is 1.56. The molecule has 0 bridgehead atoms. The first kappa shape index (κ1) is 13.6. The van der Waals surface area contributed by atoms with Crippen LogP contribution in [0.3, 0.4) is 0 Å². The third kappa shape index (κ3) is 3.58. The van der Waals surface area contributed by atoms with E-state index in [1.807, 2.05) is 24.3 Å². The molecule has 1 aliphatic rings. The number of rotatable bonds is 5. The van der Waals surface area contributed by atoms with Gasteiger partial charge in [-0.15, -0.1) is 0 Å². The van der Waals surface area contributed by atoms with Gasteiger partial charge < -0.3 is 9.84 Å². The number of aromatic nitrogens is 2. The first-order valence-electron chi connectivity index (χ1n) is 7.06. The zero-order valence-electron chi connectivity index (χ0n) is 11.3. The second-order valence-corrected chi connectivity index (χ2v) is 5.74. The molecule has 0 saturated carbocycles. The average Bonchev–Trinajstić information content (AvgIpc) is 3.07. The summed E-state index contributed by atoms with van der Waals surface area (Å²) in [5, 5.41) is 8.15. The number of hydrogen-bond acceptors (Lipinski definition) is 4. The molecular weight excluding hydrogens is 274 g/mol. The first-order valence-corrected chi connectivity index (χ1v) is 7.44. The van der Waals surface area contributed by atoms with Gasteiger partial charge in [0.15, 0.2) is 5.82 Å². The number of nitrogens with one attached hydrogen (secondary N) is 1. The molecule has 0 amide bonds. The van der Waals surface area contributed by atoms with E-state index in [1.54, 1.807) is 0 Å². The van der Waals surface area contributed by atoms with Gasteiger partial charge in [0.2, 0.25) is 5.89 Å². The van der Waals surface area contributed by atoms with Crippen LogP contribution in [-0.2, 0) is 12.8 Å². The quantitative estimate of drug-likeness (QED) is 0.920. The molecule has 20 heavy (non-hydrogen) atoms. The van der Waals surface area contributed by atoms with Crippen LogP contribution in [-0.4, -0.2) is 23.2 Å². The smallest absolute Gasteiger partial charge is 0.226 e. The summed E-state index contributed by atoms with van der Waals surface area (Å²) < 4.78 is 5.31. The molecule has 3 rings (SSSR count). The molecule has 2 heterocycles. The first-order chi connectivity index (χ1) is 9.79. The minimum Gasteiger partial charge on any atom is -0.339 e. The van der Waals surface area contributed by atoms with E-state index in [0.29, 0.717) is 6.42 Å². The van der Waals surface area contributed by atoms with Gasteiger partial charge in [-0.1, -0.05) is 28.9 Å². The fraction of sp³-hybridized carbons (Fsp3) is 0.467. The number of aryl methyl sites for hydroxylation is 1. The molecule has 5 heteroatoms. The van der Waals surface area contributed by atoms with Crippen molar-refractivity contribution in [3.8, 4) is 0 Å². The predicted molar refractivity (Wildman–Crippen MR) is 77.9 cm³/mol. The zero-order valence-corrected chi connectivity index (χ0v) is 12.1. The maximum atomic E-state index is 5.97. The van der Waals surface area contributed by atoms with E-state index < -0.39 is 0 Å². The van der Waals surface area contributed by atoms with Gasteiger partial charge >= 0.3 is 0 Å². The molecule has 1 N–H and O–H groups in total. The van der Waals surface area contributed by atoms with Gasteiger partial charge in [-0.2, -0.15) is 4.98 Å². The zero-order chi connectivity index (χ0) is 13.8. The third-order valence-corrected chi connectivity index (χ3v) is 3.93. The van der Waals surface area contributed by atoms with Gasteiger partial charge in [-0.05, 0) is 49.5 Å². The Morgan fingerprint density at radius 1 is 1.40 bits per heavy atom. The van der Waals surface area contributed by atoms with Crippen molar-refractivity contribution in [2.45, 2.75) is 25.7 Å². The molecular formula is C15H18ClN3O. The molecule has 0 aliphatic carbocycles. The summed E-state index contributed by atoms with van der Waals surface area (Å²) in [6.07, 6.45) is 3.90. The van der Waals surface area contributed by atoms with Gasteiger partial charge in [0.05, 0.1) is 0 Å². The van der Waals surface area contributed by atoms with E-state index in [-0.39, 0.29) is 0 Å². The van der Waals surface area contributed by atoms with Crippen LogP contribution in [0.2, 0.25) is 5.02 Å². The molecule has 1 unspecified atom stereocenters. The van der Waals surface area contributed by atoms with Crippen molar-refractivity contribution >= 4 is 11.6 Å². The second kappa shape index (κ2) is 6.37. The van der Waals surface area contributed by atoms with Crippen LogP contribution in [0, 0.1) is 5.92 Å². The lowest BCUT2D eigenvalue weighted by Gasteiger charge is -2.03. The fourth-order valence-corrected chi connectivity index (χ4v) is 2.79. The van der Waals surface area contributed by atoms with Crippen molar-refractivity contribution in [2.75, 3.05) is 13.1 Å². The van der Waals surface area contributed by atoms with Gasteiger partial charge in [-0.25, -0.2) is 0 Å². The highest BCUT2D eigenvalue weighted by Crippen LogP contribution is 2.16. The number of nitrogens with zero attached hydrogens (tertiary/aromatic N) is 2. The van der Waals surface area contributed by atoms with Crippen molar-refractivity contribution in [3.05, 3.63) is 46.6 Å². The Bertz CT molecular complexity index is 564. The molecule has 106 valence electrons. The van der Waals surface area contributed by atoms with Gasteiger partial charge in [0.1, 0.15) is 0 Å². The molecule has 1 fully saturated rings. The third-order valence-electron chi connectivity index (χ3n) is 3.69.